The first-order valence-corrected chi connectivity index (χ1v) is 8.07. The van der Waals surface area contributed by atoms with Crippen LogP contribution < -0.4 is 5.32 Å². The van der Waals surface area contributed by atoms with Gasteiger partial charge in [-0.1, -0.05) is 25.7 Å². The Morgan fingerprint density at radius 1 is 1.41 bits per heavy atom. The van der Waals surface area contributed by atoms with Crippen LogP contribution in [0.15, 0.2) is 24.5 Å². The van der Waals surface area contributed by atoms with Gasteiger partial charge in [-0.05, 0) is 31.4 Å². The third kappa shape index (κ3) is 3.55. The Labute approximate surface area is 130 Å². The highest BCUT2D eigenvalue weighted by molar-refractivity contribution is 5.91. The lowest BCUT2D eigenvalue weighted by Gasteiger charge is -2.11. The van der Waals surface area contributed by atoms with Crippen molar-refractivity contribution in [3.05, 3.63) is 30.4 Å². The van der Waals surface area contributed by atoms with Gasteiger partial charge < -0.3 is 4.57 Å². The average Bonchev–Trinajstić information content (AvgIpc) is 3.26. The number of aryl methyl sites for hydroxylation is 1. The van der Waals surface area contributed by atoms with Gasteiger partial charge in [0.1, 0.15) is 11.9 Å². The Morgan fingerprint density at radius 2 is 2.14 bits per heavy atom. The van der Waals surface area contributed by atoms with Crippen LogP contribution in [0.25, 0.3) is 0 Å². The number of nitrogens with zero attached hydrogens (tertiary/aromatic N) is 3. The van der Waals surface area contributed by atoms with Gasteiger partial charge in [0.15, 0.2) is 0 Å². The molecule has 0 aromatic carbocycles. The number of carbonyl (C=O) groups is 1. The number of anilines is 1. The number of nitrogens with one attached hydrogen (secondary N) is 2. The maximum absolute atomic E-state index is 12.2. The van der Waals surface area contributed by atoms with Crippen molar-refractivity contribution in [3.63, 3.8) is 0 Å². The molecule has 1 atom stereocenters. The molecule has 0 radical (unpaired) electrons. The third-order valence-corrected chi connectivity index (χ3v) is 4.49. The summed E-state index contributed by atoms with van der Waals surface area (Å²) in [7, 11) is 0. The summed E-state index contributed by atoms with van der Waals surface area (Å²) in [5, 5.41) is 9.78. The zero-order valence-corrected chi connectivity index (χ0v) is 13.0. The molecule has 0 saturated heterocycles. The van der Waals surface area contributed by atoms with Gasteiger partial charge in [-0.2, -0.15) is 4.98 Å². The number of hydrogen-bond donors (Lipinski definition) is 2. The first-order chi connectivity index (χ1) is 10.7. The van der Waals surface area contributed by atoms with Crippen molar-refractivity contribution in [1.29, 1.82) is 0 Å². The van der Waals surface area contributed by atoms with Crippen molar-refractivity contribution in [2.24, 2.45) is 5.92 Å². The number of aromatic nitrogens is 4. The van der Waals surface area contributed by atoms with Gasteiger partial charge in [0, 0.05) is 18.8 Å². The molecule has 1 unspecified atom stereocenters. The SMILES string of the molecule is CC(C(=O)Nc1n[nH]c(CCC2CCCC2)n1)n1cccc1. The Hall–Kier alpha value is -2.11. The second-order valence-electron chi connectivity index (χ2n) is 6.09. The second kappa shape index (κ2) is 6.77. The quantitative estimate of drug-likeness (QED) is 0.861. The lowest BCUT2D eigenvalue weighted by Crippen LogP contribution is -2.23. The Balaban J connectivity index is 1.51. The van der Waals surface area contributed by atoms with E-state index in [0.717, 1.165) is 24.6 Å². The molecule has 1 saturated carbocycles. The number of carbonyl (C=O) groups excluding carboxylic acids is 1. The number of amides is 1. The largest absolute Gasteiger partial charge is 0.342 e. The molecule has 1 aliphatic rings. The van der Waals surface area contributed by atoms with E-state index in [9.17, 15) is 4.79 Å². The van der Waals surface area contributed by atoms with Gasteiger partial charge in [-0.15, -0.1) is 5.10 Å². The highest BCUT2D eigenvalue weighted by atomic mass is 16.2. The minimum absolute atomic E-state index is 0.113. The third-order valence-electron chi connectivity index (χ3n) is 4.49. The van der Waals surface area contributed by atoms with Crippen molar-refractivity contribution in [2.45, 2.75) is 51.5 Å². The lowest BCUT2D eigenvalue weighted by molar-refractivity contribution is -0.118. The zero-order valence-electron chi connectivity index (χ0n) is 13.0. The van der Waals surface area contributed by atoms with Crippen LogP contribution in [0.3, 0.4) is 0 Å². The van der Waals surface area contributed by atoms with Crippen LogP contribution in [0.2, 0.25) is 0 Å². The smallest absolute Gasteiger partial charge is 0.249 e. The monoisotopic (exact) mass is 301 g/mol. The predicted octanol–water partition coefficient (Wildman–Crippen LogP) is 2.93. The molecule has 1 aliphatic carbocycles. The van der Waals surface area contributed by atoms with Crippen LogP contribution in [-0.4, -0.2) is 25.7 Å². The van der Waals surface area contributed by atoms with Crippen molar-refractivity contribution in [1.82, 2.24) is 19.7 Å². The molecule has 6 nitrogen and oxygen atoms in total. The molecule has 1 fully saturated rings. The van der Waals surface area contributed by atoms with Gasteiger partial charge in [0.2, 0.25) is 11.9 Å². The van der Waals surface area contributed by atoms with Crippen molar-refractivity contribution in [3.8, 4) is 0 Å². The normalized spacial score (nSPS) is 16.8. The Kier molecular flexibility index (Phi) is 4.56. The van der Waals surface area contributed by atoms with Gasteiger partial charge in [0.25, 0.3) is 0 Å². The van der Waals surface area contributed by atoms with E-state index in [1.807, 2.05) is 36.0 Å². The molecule has 22 heavy (non-hydrogen) atoms. The Morgan fingerprint density at radius 3 is 2.86 bits per heavy atom. The van der Waals surface area contributed by atoms with Crippen LogP contribution in [-0.2, 0) is 11.2 Å². The fourth-order valence-corrected chi connectivity index (χ4v) is 3.06. The van der Waals surface area contributed by atoms with Gasteiger partial charge in [-0.3, -0.25) is 15.2 Å². The predicted molar refractivity (Wildman–Crippen MR) is 84.4 cm³/mol. The van der Waals surface area contributed by atoms with Crippen LogP contribution in [0.4, 0.5) is 5.95 Å². The summed E-state index contributed by atoms with van der Waals surface area (Å²) in [4.78, 5) is 16.5. The zero-order chi connectivity index (χ0) is 15.4. The molecule has 2 aromatic heterocycles. The molecule has 6 heteroatoms. The van der Waals surface area contributed by atoms with E-state index < -0.39 is 0 Å². The van der Waals surface area contributed by atoms with Gasteiger partial charge in [0.05, 0.1) is 0 Å². The molecule has 2 N–H and O–H groups in total. The number of aromatic amines is 1. The highest BCUT2D eigenvalue weighted by Gasteiger charge is 2.17. The summed E-state index contributed by atoms with van der Waals surface area (Å²) in [6.07, 6.45) is 11.2. The van der Waals surface area contributed by atoms with E-state index in [1.54, 1.807) is 0 Å². The van der Waals surface area contributed by atoms with E-state index in [-0.39, 0.29) is 11.9 Å². The van der Waals surface area contributed by atoms with Crippen LogP contribution in [0.1, 0.15) is 50.9 Å². The molecule has 0 aliphatic heterocycles. The molecular formula is C16H23N5O. The molecule has 118 valence electrons. The van der Waals surface area contributed by atoms with E-state index in [1.165, 1.54) is 25.7 Å². The van der Waals surface area contributed by atoms with Crippen LogP contribution >= 0.6 is 0 Å². The average molecular weight is 301 g/mol. The molecule has 0 bridgehead atoms. The maximum Gasteiger partial charge on any atom is 0.249 e. The topological polar surface area (TPSA) is 75.6 Å². The summed E-state index contributed by atoms with van der Waals surface area (Å²) >= 11 is 0. The fourth-order valence-electron chi connectivity index (χ4n) is 3.06. The molecule has 3 rings (SSSR count). The van der Waals surface area contributed by atoms with Crippen LogP contribution in [0, 0.1) is 5.92 Å². The van der Waals surface area contributed by atoms with E-state index in [0.29, 0.717) is 5.95 Å². The first kappa shape index (κ1) is 14.8. The summed E-state index contributed by atoms with van der Waals surface area (Å²) in [6.45, 7) is 1.85. The van der Waals surface area contributed by atoms with E-state index >= 15 is 0 Å². The Bertz CT molecular complexity index is 598. The molecule has 1 amide bonds. The minimum atomic E-state index is -0.282. The summed E-state index contributed by atoms with van der Waals surface area (Å²) in [5.74, 6) is 1.94. The maximum atomic E-state index is 12.2. The highest BCUT2D eigenvalue weighted by Crippen LogP contribution is 2.28. The summed E-state index contributed by atoms with van der Waals surface area (Å²) in [5.41, 5.74) is 0. The summed E-state index contributed by atoms with van der Waals surface area (Å²) in [6, 6.07) is 3.52. The van der Waals surface area contributed by atoms with Crippen LogP contribution in [0.5, 0.6) is 0 Å². The van der Waals surface area contributed by atoms with Crippen molar-refractivity contribution in [2.75, 3.05) is 5.32 Å². The van der Waals surface area contributed by atoms with Gasteiger partial charge in [-0.25, -0.2) is 0 Å². The molecule has 2 heterocycles. The second-order valence-corrected chi connectivity index (χ2v) is 6.09. The molecular weight excluding hydrogens is 278 g/mol. The number of H-pyrrole nitrogens is 1. The molecule has 2 aromatic rings. The standard InChI is InChI=1S/C16H23N5O/c1-12(21-10-4-5-11-21)15(22)18-16-17-14(19-20-16)9-8-13-6-2-3-7-13/h4-5,10-13H,2-3,6-9H2,1H3,(H2,17,18,19,20,22). The van der Waals surface area contributed by atoms with E-state index in [4.69, 9.17) is 0 Å². The van der Waals surface area contributed by atoms with Crippen molar-refractivity contribution >= 4 is 11.9 Å². The fraction of sp³-hybridized carbons (Fsp3) is 0.562. The minimum Gasteiger partial charge on any atom is -0.342 e. The lowest BCUT2D eigenvalue weighted by atomic mass is 10.0. The first-order valence-electron chi connectivity index (χ1n) is 8.07. The number of rotatable bonds is 6. The van der Waals surface area contributed by atoms with Crippen molar-refractivity contribution < 1.29 is 4.79 Å². The molecule has 0 spiro atoms. The van der Waals surface area contributed by atoms with Gasteiger partial charge >= 0.3 is 0 Å². The summed E-state index contributed by atoms with van der Waals surface area (Å²) < 4.78 is 1.85. The van der Waals surface area contributed by atoms with E-state index in [2.05, 4.69) is 20.5 Å². The number of hydrogen-bond acceptors (Lipinski definition) is 3.